The summed E-state index contributed by atoms with van der Waals surface area (Å²) in [5.41, 5.74) is -0.834. The van der Waals surface area contributed by atoms with Gasteiger partial charge in [-0.05, 0) is 37.0 Å². The third-order valence-electron chi connectivity index (χ3n) is 10.6. The number of carbonyl (C=O) groups is 4. The third kappa shape index (κ3) is 9.51. The summed E-state index contributed by atoms with van der Waals surface area (Å²) in [7, 11) is 0. The standard InChI is InChI=1S/C38H52F3N3O11/c1-4-6-10-16-36(17-11-7-5-2)53-29-26-20-37(35(50)43-28(23(3)46)33(48)42-18-19-45)31(34(49)52-26)44(55-32(37)30(29)54-36)21-25-13-9-8-12-24(25)14-15-27(47)51-22-38(39,40)41/h8-9,12-15,23,26,28-32,45-46H,4-7,10-11,16-22H2,1-3H3,(H,42,48)(H,43,50). The Morgan fingerprint density at radius 2 is 1.75 bits per heavy atom. The number of alkyl halides is 3. The van der Waals surface area contributed by atoms with Crippen molar-refractivity contribution in [2.75, 3.05) is 19.8 Å². The molecule has 0 aromatic heterocycles. The zero-order valence-electron chi connectivity index (χ0n) is 31.3. The van der Waals surface area contributed by atoms with Crippen LogP contribution in [0.1, 0.15) is 89.7 Å². The SMILES string of the molecule is CCCCCC1(CCCCC)OC2C3CC4(C(=O)NC(C(=O)NCCO)C(C)O)C(ON(Cc5ccccc5C=CC(=O)OCC(F)(F)F)C4C(=O)O3)C2O1. The molecular formula is C38H52F3N3O11. The largest absolute Gasteiger partial charge is 0.458 e. The van der Waals surface area contributed by atoms with E-state index in [1.165, 1.54) is 18.1 Å². The van der Waals surface area contributed by atoms with Gasteiger partial charge in [0.1, 0.15) is 35.9 Å². The van der Waals surface area contributed by atoms with Crippen LogP contribution in [0.4, 0.5) is 13.2 Å². The molecule has 1 aromatic carbocycles. The van der Waals surface area contributed by atoms with Gasteiger partial charge in [0, 0.05) is 31.9 Å². The molecule has 2 bridgehead atoms. The monoisotopic (exact) mass is 783 g/mol. The molecule has 0 radical (unpaired) electrons. The number of carbonyl (C=O) groups excluding carboxylic acids is 4. The molecule has 4 fully saturated rings. The smallest absolute Gasteiger partial charge is 0.422 e. The average molecular weight is 784 g/mol. The first-order valence-corrected chi connectivity index (χ1v) is 19.0. The number of hydrogen-bond acceptors (Lipinski definition) is 12. The van der Waals surface area contributed by atoms with Gasteiger partial charge in [0.25, 0.3) is 0 Å². The van der Waals surface area contributed by atoms with E-state index in [1.54, 1.807) is 24.3 Å². The molecule has 306 valence electrons. The highest BCUT2D eigenvalue weighted by Gasteiger charge is 2.76. The highest BCUT2D eigenvalue weighted by Crippen LogP contribution is 2.58. The zero-order valence-corrected chi connectivity index (χ0v) is 31.3. The fourth-order valence-corrected chi connectivity index (χ4v) is 8.03. The van der Waals surface area contributed by atoms with E-state index in [0.717, 1.165) is 44.6 Å². The second-order valence-corrected chi connectivity index (χ2v) is 14.7. The van der Waals surface area contributed by atoms with Gasteiger partial charge in [-0.2, -0.15) is 18.2 Å². The molecule has 1 saturated carbocycles. The summed E-state index contributed by atoms with van der Waals surface area (Å²) in [6.45, 7) is 3.10. The molecule has 4 aliphatic rings. The van der Waals surface area contributed by atoms with Gasteiger partial charge in [-0.15, -0.1) is 0 Å². The Labute approximate surface area is 318 Å². The predicted molar refractivity (Wildman–Crippen MR) is 188 cm³/mol. The van der Waals surface area contributed by atoms with E-state index >= 15 is 0 Å². The summed E-state index contributed by atoms with van der Waals surface area (Å²) in [5, 5.41) is 26.3. The van der Waals surface area contributed by atoms with Crippen molar-refractivity contribution in [3.63, 3.8) is 0 Å². The molecule has 3 saturated heterocycles. The fraction of sp³-hybridized carbons (Fsp3) is 0.684. The van der Waals surface area contributed by atoms with Crippen LogP contribution in [0.3, 0.4) is 0 Å². The number of esters is 2. The van der Waals surface area contributed by atoms with Crippen molar-refractivity contribution in [2.24, 2.45) is 5.41 Å². The molecule has 55 heavy (non-hydrogen) atoms. The highest BCUT2D eigenvalue weighted by atomic mass is 19.4. The Balaban J connectivity index is 1.51. The quantitative estimate of drug-likeness (QED) is 0.0916. The summed E-state index contributed by atoms with van der Waals surface area (Å²) >= 11 is 0. The molecule has 17 heteroatoms. The molecule has 8 unspecified atom stereocenters. The van der Waals surface area contributed by atoms with E-state index in [0.29, 0.717) is 24.0 Å². The molecule has 5 rings (SSSR count). The van der Waals surface area contributed by atoms with Gasteiger partial charge in [-0.3, -0.25) is 19.2 Å². The highest BCUT2D eigenvalue weighted by molar-refractivity contribution is 5.96. The lowest BCUT2D eigenvalue weighted by molar-refractivity contribution is -0.224. The van der Waals surface area contributed by atoms with Crippen LogP contribution in [-0.2, 0) is 49.5 Å². The van der Waals surface area contributed by atoms with Crippen LogP contribution in [-0.4, -0.2) is 113 Å². The lowest BCUT2D eigenvalue weighted by Gasteiger charge is -2.49. The van der Waals surface area contributed by atoms with Crippen molar-refractivity contribution < 1.29 is 66.3 Å². The average Bonchev–Trinajstić information content (AvgIpc) is 3.69. The summed E-state index contributed by atoms with van der Waals surface area (Å²) in [6, 6.07) is 3.76. The maximum absolute atomic E-state index is 14.8. The van der Waals surface area contributed by atoms with Crippen molar-refractivity contribution in [1.29, 1.82) is 0 Å². The number of amides is 2. The number of unbranched alkanes of at least 4 members (excludes halogenated alkanes) is 4. The summed E-state index contributed by atoms with van der Waals surface area (Å²) in [6.07, 6.45) is -1.14. The van der Waals surface area contributed by atoms with Crippen LogP contribution in [0.5, 0.6) is 0 Å². The number of fused-ring (bicyclic) bond motifs is 4. The van der Waals surface area contributed by atoms with Crippen LogP contribution in [0, 0.1) is 5.41 Å². The molecule has 2 amide bonds. The van der Waals surface area contributed by atoms with E-state index in [9.17, 15) is 42.6 Å². The lowest BCUT2D eigenvalue weighted by atomic mass is 9.62. The Morgan fingerprint density at radius 3 is 2.38 bits per heavy atom. The van der Waals surface area contributed by atoms with E-state index in [-0.39, 0.29) is 26.1 Å². The Morgan fingerprint density at radius 1 is 1.07 bits per heavy atom. The molecule has 14 nitrogen and oxygen atoms in total. The van der Waals surface area contributed by atoms with Crippen LogP contribution in [0.2, 0.25) is 0 Å². The number of hydroxylamine groups is 2. The van der Waals surface area contributed by atoms with E-state index in [1.807, 2.05) is 0 Å². The topological polar surface area (TPSA) is 182 Å². The van der Waals surface area contributed by atoms with Gasteiger partial charge in [0.2, 0.25) is 11.8 Å². The summed E-state index contributed by atoms with van der Waals surface area (Å²) < 4.78 is 61.8. The fourth-order valence-electron chi connectivity index (χ4n) is 8.03. The number of nitrogens with zero attached hydrogens (tertiary/aromatic N) is 1. The van der Waals surface area contributed by atoms with Gasteiger partial charge in [0.05, 0.1) is 19.3 Å². The number of halogens is 3. The van der Waals surface area contributed by atoms with Crippen molar-refractivity contribution in [3.8, 4) is 0 Å². The van der Waals surface area contributed by atoms with Crippen LogP contribution >= 0.6 is 0 Å². The van der Waals surface area contributed by atoms with Crippen molar-refractivity contribution >= 4 is 29.8 Å². The molecule has 3 aliphatic heterocycles. The molecular weight excluding hydrogens is 731 g/mol. The molecule has 8 atom stereocenters. The Bertz CT molecular complexity index is 1550. The number of hydrogen-bond donors (Lipinski definition) is 4. The molecule has 1 aliphatic carbocycles. The second kappa shape index (κ2) is 18.1. The maximum atomic E-state index is 14.8. The van der Waals surface area contributed by atoms with Gasteiger partial charge in [-0.1, -0.05) is 63.8 Å². The van der Waals surface area contributed by atoms with Gasteiger partial charge < -0.3 is 39.8 Å². The molecule has 0 spiro atoms. The number of aliphatic hydroxyl groups excluding tert-OH is 2. The summed E-state index contributed by atoms with van der Waals surface area (Å²) in [4.78, 5) is 60.7. The Hall–Kier alpha value is -3.61. The van der Waals surface area contributed by atoms with Crippen molar-refractivity contribution in [1.82, 2.24) is 15.7 Å². The molecule has 1 aromatic rings. The zero-order chi connectivity index (χ0) is 40.0. The minimum atomic E-state index is -4.70. The minimum absolute atomic E-state index is 0.0572. The van der Waals surface area contributed by atoms with E-state index in [2.05, 4.69) is 29.2 Å². The van der Waals surface area contributed by atoms with Gasteiger partial charge in [0.15, 0.2) is 18.4 Å². The first-order valence-electron chi connectivity index (χ1n) is 19.0. The Kier molecular flexibility index (Phi) is 14.0. The van der Waals surface area contributed by atoms with Gasteiger partial charge >= 0.3 is 18.1 Å². The van der Waals surface area contributed by atoms with Crippen LogP contribution in [0.25, 0.3) is 6.08 Å². The number of ether oxygens (including phenoxy) is 4. The van der Waals surface area contributed by atoms with E-state index < -0.39 is 90.3 Å². The number of rotatable bonds is 19. The summed E-state index contributed by atoms with van der Waals surface area (Å²) in [5.74, 6) is -4.53. The number of nitrogens with one attached hydrogen (secondary N) is 2. The first kappa shape index (κ1) is 42.5. The normalized spacial score (nSPS) is 28.0. The van der Waals surface area contributed by atoms with Crippen molar-refractivity contribution in [2.45, 2.75) is 140 Å². The second-order valence-electron chi connectivity index (χ2n) is 14.7. The van der Waals surface area contributed by atoms with Crippen molar-refractivity contribution in [3.05, 3.63) is 41.5 Å². The third-order valence-corrected chi connectivity index (χ3v) is 10.6. The van der Waals surface area contributed by atoms with Crippen LogP contribution < -0.4 is 10.6 Å². The van der Waals surface area contributed by atoms with Gasteiger partial charge in [-0.25, -0.2) is 4.79 Å². The molecule has 3 heterocycles. The number of benzene rings is 1. The lowest BCUT2D eigenvalue weighted by Crippen LogP contribution is -2.71. The minimum Gasteiger partial charge on any atom is -0.458 e. The molecule has 4 N–H and O–H groups in total. The van der Waals surface area contributed by atoms with Crippen LogP contribution in [0.15, 0.2) is 30.3 Å². The number of aliphatic hydroxyl groups is 2. The van der Waals surface area contributed by atoms with E-state index in [4.69, 9.17) is 19.0 Å². The predicted octanol–water partition coefficient (Wildman–Crippen LogP) is 3.22. The first-order chi connectivity index (χ1) is 26.2. The maximum Gasteiger partial charge on any atom is 0.422 e.